The maximum absolute atomic E-state index is 9.74. The monoisotopic (exact) mass is 425 g/mol. The Bertz CT molecular complexity index is 970. The van der Waals surface area contributed by atoms with E-state index in [0.29, 0.717) is 28.7 Å². The Kier molecular flexibility index (Phi) is 8.77. The average molecular weight is 426 g/mol. The summed E-state index contributed by atoms with van der Waals surface area (Å²) in [5.41, 5.74) is 4.21. The summed E-state index contributed by atoms with van der Waals surface area (Å²) >= 11 is 6.23. The Hall–Kier alpha value is -2.96. The van der Waals surface area contributed by atoms with Crippen molar-refractivity contribution in [3.63, 3.8) is 0 Å². The Morgan fingerprint density at radius 2 is 2.07 bits per heavy atom. The zero-order chi connectivity index (χ0) is 22.1. The van der Waals surface area contributed by atoms with Gasteiger partial charge < -0.3 is 20.9 Å². The first kappa shape index (κ1) is 23.3. The van der Waals surface area contributed by atoms with Crippen LogP contribution in [0.3, 0.4) is 0 Å². The molecule has 158 valence electrons. The summed E-state index contributed by atoms with van der Waals surface area (Å²) in [5.74, 6) is 6.25. The smallest absolute Gasteiger partial charge is 0.152 e. The fraction of sp³-hybridized carbons (Fsp3) is 0.261. The van der Waals surface area contributed by atoms with Crippen LogP contribution in [0.25, 0.3) is 5.57 Å². The van der Waals surface area contributed by atoms with Crippen molar-refractivity contribution in [3.8, 4) is 0 Å². The lowest BCUT2D eigenvalue weighted by atomic mass is 9.94. The van der Waals surface area contributed by atoms with Gasteiger partial charge in [-0.15, -0.1) is 0 Å². The molecule has 6 nitrogen and oxygen atoms in total. The molecule has 2 rings (SSSR count). The van der Waals surface area contributed by atoms with Gasteiger partial charge in [0.05, 0.1) is 12.3 Å². The highest BCUT2D eigenvalue weighted by Crippen LogP contribution is 2.25. The van der Waals surface area contributed by atoms with Crippen molar-refractivity contribution in [2.45, 2.75) is 39.3 Å². The van der Waals surface area contributed by atoms with Crippen molar-refractivity contribution >= 4 is 29.1 Å². The van der Waals surface area contributed by atoms with Gasteiger partial charge in [0.2, 0.25) is 0 Å². The highest BCUT2D eigenvalue weighted by atomic mass is 35.5. The molecule has 1 aromatic heterocycles. The van der Waals surface area contributed by atoms with E-state index in [2.05, 4.69) is 30.2 Å². The lowest BCUT2D eigenvalue weighted by Crippen LogP contribution is -2.10. The van der Waals surface area contributed by atoms with Gasteiger partial charge >= 0.3 is 0 Å². The number of aromatic nitrogens is 2. The maximum atomic E-state index is 9.74. The average Bonchev–Trinajstić information content (AvgIpc) is 3.05. The molecule has 1 heterocycles. The molecule has 30 heavy (non-hydrogen) atoms. The van der Waals surface area contributed by atoms with Crippen LogP contribution in [-0.4, -0.2) is 26.6 Å². The normalized spacial score (nSPS) is 12.1. The molecule has 0 amide bonds. The van der Waals surface area contributed by atoms with Crippen LogP contribution in [0.15, 0.2) is 60.2 Å². The van der Waals surface area contributed by atoms with Crippen molar-refractivity contribution in [1.82, 2.24) is 9.55 Å². The molecule has 0 aliphatic carbocycles. The Morgan fingerprint density at radius 1 is 1.37 bits per heavy atom. The number of hydrogen-bond donors (Lipinski definition) is 3. The number of imidazole rings is 1. The molecule has 0 unspecified atom stereocenters. The molecule has 0 radical (unpaired) electrons. The third-order valence-electron chi connectivity index (χ3n) is 4.81. The van der Waals surface area contributed by atoms with E-state index in [1.54, 1.807) is 6.08 Å². The van der Waals surface area contributed by atoms with E-state index in [1.165, 1.54) is 0 Å². The predicted octanol–water partition coefficient (Wildman–Crippen LogP) is 4.51. The number of nitrogens with zero attached hydrogens (tertiary/aromatic N) is 3. The minimum absolute atomic E-state index is 0.160. The van der Waals surface area contributed by atoms with Crippen molar-refractivity contribution in [1.29, 1.82) is 5.41 Å². The number of aryl methyl sites for hydroxylation is 1. The standard InChI is InChI=1S/C23H28ClN5O/c1-4-6-8-22-27-23(24)21(15-30)29(22)14-17-9-11-18(12-10-17)19(7-5-2)16(3)20(13-25)28-26/h5,7,9-13,25,30H,2-4,6,8,14-15,26H2,1H3/b19-7+,25-13?,28-20+. The second-order valence-corrected chi connectivity index (χ2v) is 7.12. The highest BCUT2D eigenvalue weighted by molar-refractivity contribution is 6.41. The minimum atomic E-state index is -0.160. The van der Waals surface area contributed by atoms with E-state index in [9.17, 15) is 5.11 Å². The van der Waals surface area contributed by atoms with Crippen molar-refractivity contribution in [3.05, 3.63) is 82.9 Å². The number of benzene rings is 1. The molecule has 0 aliphatic heterocycles. The van der Waals surface area contributed by atoms with E-state index in [-0.39, 0.29) is 6.61 Å². The molecule has 1 aromatic carbocycles. The fourth-order valence-electron chi connectivity index (χ4n) is 3.17. The molecular weight excluding hydrogens is 398 g/mol. The number of nitrogens with two attached hydrogens (primary N) is 1. The van der Waals surface area contributed by atoms with Gasteiger partial charge in [0, 0.05) is 24.8 Å². The van der Waals surface area contributed by atoms with Crippen LogP contribution in [0.4, 0.5) is 0 Å². The number of halogens is 1. The Balaban J connectivity index is 2.34. The van der Waals surface area contributed by atoms with Crippen LogP contribution in [-0.2, 0) is 19.6 Å². The zero-order valence-electron chi connectivity index (χ0n) is 17.2. The molecule has 7 heteroatoms. The van der Waals surface area contributed by atoms with Crippen molar-refractivity contribution in [2.24, 2.45) is 10.9 Å². The number of aliphatic hydroxyl groups is 1. The SMILES string of the molecule is C=C/C=C(\C(=C)/C(C=N)=N/N)c1ccc(Cn2c(CCCC)nc(Cl)c2CO)cc1. The molecule has 0 aliphatic rings. The van der Waals surface area contributed by atoms with Crippen LogP contribution in [0.2, 0.25) is 5.15 Å². The van der Waals surface area contributed by atoms with Gasteiger partial charge in [-0.1, -0.05) is 74.5 Å². The second kappa shape index (κ2) is 11.3. The molecule has 0 atom stereocenters. The lowest BCUT2D eigenvalue weighted by Gasteiger charge is -2.13. The zero-order valence-corrected chi connectivity index (χ0v) is 18.0. The molecular formula is C23H28ClN5O. The molecule has 2 aromatic rings. The van der Waals surface area contributed by atoms with Crippen LogP contribution in [0.1, 0.15) is 42.4 Å². The van der Waals surface area contributed by atoms with Gasteiger partial charge in [-0.2, -0.15) is 5.10 Å². The highest BCUT2D eigenvalue weighted by Gasteiger charge is 2.16. The number of hydrazone groups is 1. The van der Waals surface area contributed by atoms with Gasteiger partial charge in [-0.3, -0.25) is 0 Å². The summed E-state index contributed by atoms with van der Waals surface area (Å²) < 4.78 is 1.99. The maximum Gasteiger partial charge on any atom is 0.152 e. The second-order valence-electron chi connectivity index (χ2n) is 6.76. The molecule has 0 saturated carbocycles. The topological polar surface area (TPSA) is 100 Å². The summed E-state index contributed by atoms with van der Waals surface area (Å²) in [6.45, 7) is 10.3. The van der Waals surface area contributed by atoms with E-state index in [1.807, 2.05) is 34.9 Å². The number of rotatable bonds is 11. The lowest BCUT2D eigenvalue weighted by molar-refractivity contribution is 0.271. The molecule has 0 saturated heterocycles. The quantitative estimate of drug-likeness (QED) is 0.213. The van der Waals surface area contributed by atoms with Gasteiger partial charge in [0.25, 0.3) is 0 Å². The number of hydrogen-bond acceptors (Lipinski definition) is 5. The van der Waals surface area contributed by atoms with Crippen LogP contribution < -0.4 is 5.84 Å². The first-order valence-electron chi connectivity index (χ1n) is 9.75. The predicted molar refractivity (Wildman–Crippen MR) is 125 cm³/mol. The molecule has 0 bridgehead atoms. The van der Waals surface area contributed by atoms with Crippen molar-refractivity contribution < 1.29 is 5.11 Å². The van der Waals surface area contributed by atoms with Crippen LogP contribution in [0, 0.1) is 5.41 Å². The van der Waals surface area contributed by atoms with Gasteiger partial charge in [-0.05, 0) is 23.1 Å². The third kappa shape index (κ3) is 5.34. The van der Waals surface area contributed by atoms with E-state index >= 15 is 0 Å². The number of aliphatic hydroxyl groups excluding tert-OH is 1. The molecule has 0 fully saturated rings. The van der Waals surface area contributed by atoms with Gasteiger partial charge in [0.1, 0.15) is 11.5 Å². The number of unbranched alkanes of at least 4 members (excludes halogenated alkanes) is 1. The molecule has 0 spiro atoms. The van der Waals surface area contributed by atoms with E-state index in [4.69, 9.17) is 22.9 Å². The van der Waals surface area contributed by atoms with Gasteiger partial charge in [-0.25, -0.2) is 4.98 Å². The van der Waals surface area contributed by atoms with Crippen molar-refractivity contribution in [2.75, 3.05) is 0 Å². The van der Waals surface area contributed by atoms with E-state index < -0.39 is 0 Å². The van der Waals surface area contributed by atoms with Crippen LogP contribution >= 0.6 is 11.6 Å². The first-order chi connectivity index (χ1) is 14.5. The van der Waals surface area contributed by atoms with Gasteiger partial charge in [0.15, 0.2) is 5.15 Å². The number of allylic oxidation sites excluding steroid dienone is 4. The summed E-state index contributed by atoms with van der Waals surface area (Å²) in [5, 5.41) is 21.2. The fourth-order valence-corrected chi connectivity index (χ4v) is 3.43. The summed E-state index contributed by atoms with van der Waals surface area (Å²) in [6.07, 6.45) is 7.42. The summed E-state index contributed by atoms with van der Waals surface area (Å²) in [6, 6.07) is 7.94. The third-order valence-corrected chi connectivity index (χ3v) is 5.11. The summed E-state index contributed by atoms with van der Waals surface area (Å²) in [4.78, 5) is 4.44. The minimum Gasteiger partial charge on any atom is -0.390 e. The largest absolute Gasteiger partial charge is 0.390 e. The summed E-state index contributed by atoms with van der Waals surface area (Å²) in [7, 11) is 0. The Morgan fingerprint density at radius 3 is 2.60 bits per heavy atom. The Labute approximate surface area is 182 Å². The molecule has 4 N–H and O–H groups in total. The van der Waals surface area contributed by atoms with Crippen LogP contribution in [0.5, 0.6) is 0 Å². The first-order valence-corrected chi connectivity index (χ1v) is 10.1. The number of nitrogens with one attached hydrogen (secondary N) is 1. The van der Waals surface area contributed by atoms with E-state index in [0.717, 1.165) is 48.0 Å².